The summed E-state index contributed by atoms with van der Waals surface area (Å²) in [5.41, 5.74) is 2.80. The van der Waals surface area contributed by atoms with Crippen LogP contribution in [0, 0.1) is 6.92 Å². The molecule has 0 aliphatic carbocycles. The van der Waals surface area contributed by atoms with E-state index in [1.807, 2.05) is 37.3 Å². The Hall–Kier alpha value is -0.640. The number of aliphatic hydroxyl groups is 1. The highest BCUT2D eigenvalue weighted by molar-refractivity contribution is 9.11. The van der Waals surface area contributed by atoms with Crippen LogP contribution in [0.1, 0.15) is 36.6 Å². The molecule has 1 atom stereocenters. The normalized spacial score (nSPS) is 13.3. The molecule has 2 aromatic carbocycles. The van der Waals surface area contributed by atoms with Gasteiger partial charge in [0.2, 0.25) is 0 Å². The lowest BCUT2D eigenvalue weighted by atomic mass is 9.76. The molecule has 0 radical (unpaired) electrons. The van der Waals surface area contributed by atoms with Gasteiger partial charge in [-0.2, -0.15) is 0 Å². The third kappa shape index (κ3) is 3.00. The first-order valence-electron chi connectivity index (χ1n) is 6.53. The molecule has 1 N–H and O–H groups in total. The quantitative estimate of drug-likeness (QED) is 0.721. The van der Waals surface area contributed by atoms with Crippen molar-refractivity contribution in [3.05, 3.63) is 68.1 Å². The fraction of sp³-hybridized carbons (Fsp3) is 0.294. The molecule has 0 amide bonds. The van der Waals surface area contributed by atoms with E-state index in [2.05, 4.69) is 57.8 Å². The molecular weight excluding hydrogens is 380 g/mol. The summed E-state index contributed by atoms with van der Waals surface area (Å²) in [4.78, 5) is 0. The molecule has 1 nitrogen and oxygen atoms in total. The summed E-state index contributed by atoms with van der Waals surface area (Å²) in [6.07, 6.45) is -0.587. The maximum Gasteiger partial charge on any atom is 0.0892 e. The lowest BCUT2D eigenvalue weighted by Gasteiger charge is -2.32. The van der Waals surface area contributed by atoms with Crippen LogP contribution in [0.2, 0.25) is 0 Å². The van der Waals surface area contributed by atoms with Gasteiger partial charge in [-0.05, 0) is 35.7 Å². The Morgan fingerprint density at radius 1 is 1.00 bits per heavy atom. The second kappa shape index (κ2) is 6.00. The molecule has 3 heteroatoms. The van der Waals surface area contributed by atoms with Crippen LogP contribution >= 0.6 is 31.9 Å². The molecular formula is C17H18Br2O. The molecule has 20 heavy (non-hydrogen) atoms. The first-order chi connectivity index (χ1) is 9.34. The van der Waals surface area contributed by atoms with Crippen LogP contribution in [0.15, 0.2) is 51.4 Å². The third-order valence-corrected chi connectivity index (χ3v) is 5.32. The van der Waals surface area contributed by atoms with Crippen molar-refractivity contribution < 1.29 is 5.11 Å². The molecule has 0 saturated heterocycles. The molecule has 106 valence electrons. The highest BCUT2D eigenvalue weighted by atomic mass is 79.9. The van der Waals surface area contributed by atoms with E-state index in [4.69, 9.17) is 0 Å². The summed E-state index contributed by atoms with van der Waals surface area (Å²) in [5.74, 6) is 0. The minimum atomic E-state index is -0.587. The second-order valence-electron chi connectivity index (χ2n) is 5.61. The number of aryl methyl sites for hydroxylation is 1. The van der Waals surface area contributed by atoms with Gasteiger partial charge in [-0.1, -0.05) is 76.0 Å². The van der Waals surface area contributed by atoms with E-state index < -0.39 is 6.10 Å². The number of hydrogen-bond donors (Lipinski definition) is 1. The van der Waals surface area contributed by atoms with Crippen molar-refractivity contribution in [2.75, 3.05) is 0 Å². The maximum absolute atomic E-state index is 10.8. The molecule has 0 fully saturated rings. The van der Waals surface area contributed by atoms with Gasteiger partial charge in [-0.15, -0.1) is 0 Å². The Morgan fingerprint density at radius 3 is 2.20 bits per heavy atom. The lowest BCUT2D eigenvalue weighted by Crippen LogP contribution is -2.27. The number of rotatable bonds is 3. The second-order valence-corrected chi connectivity index (χ2v) is 7.32. The van der Waals surface area contributed by atoms with E-state index in [1.54, 1.807) is 0 Å². The van der Waals surface area contributed by atoms with Gasteiger partial charge >= 0.3 is 0 Å². The maximum atomic E-state index is 10.8. The van der Waals surface area contributed by atoms with Gasteiger partial charge in [0.15, 0.2) is 0 Å². The number of halogens is 2. The highest BCUT2D eigenvalue weighted by Gasteiger charge is 2.32. The molecule has 0 aliphatic rings. The number of benzene rings is 2. The number of aliphatic hydroxyl groups excluding tert-OH is 1. The highest BCUT2D eigenvalue weighted by Crippen LogP contribution is 2.40. The summed E-state index contributed by atoms with van der Waals surface area (Å²) in [6.45, 7) is 6.16. The first kappa shape index (κ1) is 15.7. The van der Waals surface area contributed by atoms with Crippen molar-refractivity contribution in [1.82, 2.24) is 0 Å². The van der Waals surface area contributed by atoms with Gasteiger partial charge in [0.25, 0.3) is 0 Å². The predicted octanol–water partition coefficient (Wildman–Crippen LogP) is 5.53. The largest absolute Gasteiger partial charge is 0.387 e. The third-order valence-electron chi connectivity index (χ3n) is 3.77. The Morgan fingerprint density at radius 2 is 1.60 bits per heavy atom. The summed E-state index contributed by atoms with van der Waals surface area (Å²) in [5, 5.41) is 10.8. The summed E-state index contributed by atoms with van der Waals surface area (Å²) in [7, 11) is 0. The molecule has 1 unspecified atom stereocenters. The van der Waals surface area contributed by atoms with E-state index in [1.165, 1.54) is 0 Å². The van der Waals surface area contributed by atoms with Crippen molar-refractivity contribution in [1.29, 1.82) is 0 Å². The van der Waals surface area contributed by atoms with E-state index in [9.17, 15) is 5.11 Å². The van der Waals surface area contributed by atoms with Gasteiger partial charge in [0.05, 0.1) is 6.10 Å². The predicted molar refractivity (Wildman–Crippen MR) is 91.0 cm³/mol. The number of hydrogen-bond acceptors (Lipinski definition) is 1. The first-order valence-corrected chi connectivity index (χ1v) is 8.11. The molecule has 0 spiro atoms. The van der Waals surface area contributed by atoms with Gasteiger partial charge < -0.3 is 5.11 Å². The van der Waals surface area contributed by atoms with Crippen LogP contribution in [0.5, 0.6) is 0 Å². The average molecular weight is 398 g/mol. The topological polar surface area (TPSA) is 20.2 Å². The zero-order valence-electron chi connectivity index (χ0n) is 11.8. The SMILES string of the molecule is Cc1cc(Br)c(C(O)C(C)(C)c2ccccc2)cc1Br. The minimum absolute atomic E-state index is 0.363. The minimum Gasteiger partial charge on any atom is -0.387 e. The van der Waals surface area contributed by atoms with Crippen molar-refractivity contribution in [2.45, 2.75) is 32.3 Å². The van der Waals surface area contributed by atoms with Crippen LogP contribution in [0.3, 0.4) is 0 Å². The van der Waals surface area contributed by atoms with Gasteiger partial charge in [0, 0.05) is 14.4 Å². The van der Waals surface area contributed by atoms with Crippen molar-refractivity contribution in [2.24, 2.45) is 0 Å². The molecule has 2 aromatic rings. The monoisotopic (exact) mass is 396 g/mol. The Bertz CT molecular complexity index is 606. The summed E-state index contributed by atoms with van der Waals surface area (Å²) >= 11 is 7.11. The van der Waals surface area contributed by atoms with Gasteiger partial charge in [0.1, 0.15) is 0 Å². The van der Waals surface area contributed by atoms with Crippen LogP contribution in [-0.4, -0.2) is 5.11 Å². The fourth-order valence-electron chi connectivity index (χ4n) is 2.29. The molecule has 0 aliphatic heterocycles. The Balaban J connectivity index is 2.45. The van der Waals surface area contributed by atoms with E-state index >= 15 is 0 Å². The van der Waals surface area contributed by atoms with Crippen LogP contribution in [0.4, 0.5) is 0 Å². The van der Waals surface area contributed by atoms with Crippen LogP contribution in [-0.2, 0) is 5.41 Å². The Labute approximate surface area is 137 Å². The molecule has 2 rings (SSSR count). The van der Waals surface area contributed by atoms with E-state index in [-0.39, 0.29) is 5.41 Å². The van der Waals surface area contributed by atoms with Crippen molar-refractivity contribution in [3.63, 3.8) is 0 Å². The van der Waals surface area contributed by atoms with E-state index in [0.29, 0.717) is 0 Å². The molecule has 0 heterocycles. The zero-order valence-corrected chi connectivity index (χ0v) is 15.0. The summed E-state index contributed by atoms with van der Waals surface area (Å²) in [6, 6.07) is 14.1. The smallest absolute Gasteiger partial charge is 0.0892 e. The lowest BCUT2D eigenvalue weighted by molar-refractivity contribution is 0.0995. The Kier molecular flexibility index (Phi) is 4.73. The van der Waals surface area contributed by atoms with Crippen LogP contribution in [0.25, 0.3) is 0 Å². The fourth-order valence-corrected chi connectivity index (χ4v) is 3.32. The van der Waals surface area contributed by atoms with Crippen molar-refractivity contribution in [3.8, 4) is 0 Å². The van der Waals surface area contributed by atoms with Gasteiger partial charge in [-0.25, -0.2) is 0 Å². The van der Waals surface area contributed by atoms with Crippen molar-refractivity contribution >= 4 is 31.9 Å². The average Bonchev–Trinajstić information content (AvgIpc) is 2.43. The molecule has 0 bridgehead atoms. The van der Waals surface area contributed by atoms with E-state index in [0.717, 1.165) is 25.6 Å². The zero-order chi connectivity index (χ0) is 14.9. The van der Waals surface area contributed by atoms with Crippen LogP contribution < -0.4 is 0 Å². The molecule has 0 saturated carbocycles. The molecule has 0 aromatic heterocycles. The summed E-state index contributed by atoms with van der Waals surface area (Å²) < 4.78 is 1.95. The standard InChI is InChI=1S/C17H18Br2O/c1-11-9-15(19)13(10-14(11)18)16(20)17(2,3)12-7-5-4-6-8-12/h4-10,16,20H,1-3H3. The van der Waals surface area contributed by atoms with Gasteiger partial charge in [-0.3, -0.25) is 0 Å².